The van der Waals surface area contributed by atoms with E-state index >= 15 is 0 Å². The van der Waals surface area contributed by atoms with E-state index in [1.807, 2.05) is 20.8 Å². The van der Waals surface area contributed by atoms with Crippen LogP contribution in [0.15, 0.2) is 27.7 Å². The SMILES string of the molecule is Cn1nc(C(C)(C)C)cc1NS(=O)(=O)c1cnc(Cl)c(Br)c1. The second-order valence-electron chi connectivity index (χ2n) is 5.84. The Kier molecular flexibility index (Phi) is 4.56. The Bertz CT molecular complexity index is 812. The van der Waals surface area contributed by atoms with E-state index in [-0.39, 0.29) is 15.5 Å². The number of aryl methyl sites for hydroxylation is 1. The molecule has 9 heteroatoms. The first-order chi connectivity index (χ1) is 10.0. The number of hydrogen-bond acceptors (Lipinski definition) is 4. The molecule has 22 heavy (non-hydrogen) atoms. The third kappa shape index (κ3) is 3.61. The molecule has 0 aliphatic carbocycles. The summed E-state index contributed by atoms with van der Waals surface area (Å²) in [6, 6.07) is 3.12. The van der Waals surface area contributed by atoms with Gasteiger partial charge in [0.25, 0.3) is 10.0 Å². The summed E-state index contributed by atoms with van der Waals surface area (Å²) in [7, 11) is -2.09. The van der Waals surface area contributed by atoms with Crippen LogP contribution in [0.25, 0.3) is 0 Å². The van der Waals surface area contributed by atoms with Crippen molar-refractivity contribution in [3.05, 3.63) is 33.6 Å². The van der Waals surface area contributed by atoms with Crippen LogP contribution in [0.2, 0.25) is 5.15 Å². The molecule has 0 unspecified atom stereocenters. The summed E-state index contributed by atoms with van der Waals surface area (Å²) in [6.07, 6.45) is 1.20. The Morgan fingerprint density at radius 3 is 2.45 bits per heavy atom. The van der Waals surface area contributed by atoms with Crippen molar-refractivity contribution in [3.8, 4) is 0 Å². The number of aromatic nitrogens is 3. The summed E-state index contributed by atoms with van der Waals surface area (Å²) in [5.74, 6) is 0.385. The number of nitrogens with zero attached hydrogens (tertiary/aromatic N) is 3. The van der Waals surface area contributed by atoms with Gasteiger partial charge in [-0.2, -0.15) is 5.10 Å². The minimum atomic E-state index is -3.77. The number of halogens is 2. The fraction of sp³-hybridized carbons (Fsp3) is 0.385. The zero-order valence-electron chi connectivity index (χ0n) is 12.6. The van der Waals surface area contributed by atoms with Crippen molar-refractivity contribution >= 4 is 43.4 Å². The van der Waals surface area contributed by atoms with Crippen LogP contribution in [0.1, 0.15) is 26.5 Å². The first-order valence-corrected chi connectivity index (χ1v) is 9.04. The smallest absolute Gasteiger partial charge is 0.264 e. The molecule has 6 nitrogen and oxygen atoms in total. The molecule has 0 fully saturated rings. The minimum Gasteiger partial charge on any atom is -0.264 e. The van der Waals surface area contributed by atoms with Crippen LogP contribution >= 0.6 is 27.5 Å². The molecule has 0 amide bonds. The monoisotopic (exact) mass is 406 g/mol. The standard InChI is InChI=1S/C13H16BrClN4O2S/c1-13(2,3)10-6-11(19(4)17-10)18-22(20,21)8-5-9(14)12(15)16-7-8/h5-7,18H,1-4H3. The Morgan fingerprint density at radius 2 is 1.95 bits per heavy atom. The van der Waals surface area contributed by atoms with Crippen LogP contribution in [0, 0.1) is 0 Å². The van der Waals surface area contributed by atoms with Gasteiger partial charge in [0.2, 0.25) is 0 Å². The first-order valence-electron chi connectivity index (χ1n) is 6.39. The van der Waals surface area contributed by atoms with Crippen LogP contribution in [-0.4, -0.2) is 23.2 Å². The third-order valence-corrected chi connectivity index (χ3v) is 5.42. The molecule has 2 aromatic heterocycles. The molecule has 2 heterocycles. The number of pyridine rings is 1. The maximum absolute atomic E-state index is 12.4. The lowest BCUT2D eigenvalue weighted by atomic mass is 9.92. The highest BCUT2D eigenvalue weighted by molar-refractivity contribution is 9.10. The van der Waals surface area contributed by atoms with Crippen LogP contribution in [0.3, 0.4) is 0 Å². The average molecular weight is 408 g/mol. The molecule has 2 aromatic rings. The summed E-state index contributed by atoms with van der Waals surface area (Å²) >= 11 is 8.95. The van der Waals surface area contributed by atoms with E-state index in [4.69, 9.17) is 11.6 Å². The van der Waals surface area contributed by atoms with Gasteiger partial charge in [-0.25, -0.2) is 13.4 Å². The molecule has 0 bridgehead atoms. The summed E-state index contributed by atoms with van der Waals surface area (Å²) in [6.45, 7) is 6.02. The maximum Gasteiger partial charge on any atom is 0.264 e. The van der Waals surface area contributed by atoms with E-state index in [1.165, 1.54) is 16.9 Å². The highest BCUT2D eigenvalue weighted by Crippen LogP contribution is 2.26. The number of sulfonamides is 1. The molecular formula is C13H16BrClN4O2S. The predicted molar refractivity (Wildman–Crippen MR) is 89.7 cm³/mol. The van der Waals surface area contributed by atoms with E-state index < -0.39 is 10.0 Å². The van der Waals surface area contributed by atoms with E-state index in [1.54, 1.807) is 13.1 Å². The third-order valence-electron chi connectivity index (χ3n) is 2.97. The van der Waals surface area contributed by atoms with Gasteiger partial charge in [-0.05, 0) is 22.0 Å². The van der Waals surface area contributed by atoms with Gasteiger partial charge in [-0.1, -0.05) is 32.4 Å². The van der Waals surface area contributed by atoms with Gasteiger partial charge in [0.05, 0.1) is 10.2 Å². The number of hydrogen-bond donors (Lipinski definition) is 1. The molecular weight excluding hydrogens is 392 g/mol. The average Bonchev–Trinajstić information content (AvgIpc) is 2.73. The molecule has 2 rings (SSSR count). The highest BCUT2D eigenvalue weighted by atomic mass is 79.9. The van der Waals surface area contributed by atoms with Crippen molar-refractivity contribution in [2.45, 2.75) is 31.1 Å². The van der Waals surface area contributed by atoms with E-state index in [2.05, 4.69) is 30.7 Å². The van der Waals surface area contributed by atoms with E-state index in [9.17, 15) is 8.42 Å². The normalized spacial score (nSPS) is 12.5. The lowest BCUT2D eigenvalue weighted by molar-refractivity contribution is 0.553. The highest BCUT2D eigenvalue weighted by Gasteiger charge is 2.22. The Labute approximate surface area is 143 Å². The van der Waals surface area contributed by atoms with Crippen molar-refractivity contribution in [1.29, 1.82) is 0 Å². The Balaban J connectivity index is 2.37. The molecule has 0 aliphatic rings. The molecule has 0 aliphatic heterocycles. The van der Waals surface area contributed by atoms with Crippen molar-refractivity contribution < 1.29 is 8.42 Å². The van der Waals surface area contributed by atoms with E-state index in [0.29, 0.717) is 10.3 Å². The minimum absolute atomic E-state index is 0.0160. The first kappa shape index (κ1) is 17.2. The molecule has 0 saturated heterocycles. The number of rotatable bonds is 3. The fourth-order valence-corrected chi connectivity index (χ4v) is 3.33. The summed E-state index contributed by atoms with van der Waals surface area (Å²) < 4.78 is 29.3. The fourth-order valence-electron chi connectivity index (χ4n) is 1.68. The van der Waals surface area contributed by atoms with Gasteiger partial charge in [-0.15, -0.1) is 0 Å². The van der Waals surface area contributed by atoms with Gasteiger partial charge in [0.1, 0.15) is 15.9 Å². The van der Waals surface area contributed by atoms with Crippen LogP contribution < -0.4 is 4.72 Å². The van der Waals surface area contributed by atoms with Crippen molar-refractivity contribution in [2.24, 2.45) is 7.05 Å². The molecule has 0 saturated carbocycles. The predicted octanol–water partition coefficient (Wildman–Crippen LogP) is 3.33. The van der Waals surface area contributed by atoms with Crippen molar-refractivity contribution in [1.82, 2.24) is 14.8 Å². The van der Waals surface area contributed by atoms with Crippen LogP contribution in [-0.2, 0) is 22.5 Å². The quantitative estimate of drug-likeness (QED) is 0.792. The number of anilines is 1. The van der Waals surface area contributed by atoms with Crippen molar-refractivity contribution in [2.75, 3.05) is 4.72 Å². The van der Waals surface area contributed by atoms with Crippen molar-refractivity contribution in [3.63, 3.8) is 0 Å². The summed E-state index contributed by atoms with van der Waals surface area (Å²) in [5, 5.41) is 4.54. The Hall–Kier alpha value is -1.12. The van der Waals surface area contributed by atoms with E-state index in [0.717, 1.165) is 5.69 Å². The van der Waals surface area contributed by atoms with Crippen LogP contribution in [0.4, 0.5) is 5.82 Å². The topological polar surface area (TPSA) is 76.9 Å². The number of nitrogens with one attached hydrogen (secondary N) is 1. The zero-order chi connectivity index (χ0) is 16.7. The lowest BCUT2D eigenvalue weighted by Crippen LogP contribution is -2.15. The Morgan fingerprint density at radius 1 is 1.32 bits per heavy atom. The summed E-state index contributed by atoms with van der Waals surface area (Å²) in [4.78, 5) is 3.85. The zero-order valence-corrected chi connectivity index (χ0v) is 15.7. The molecule has 0 spiro atoms. The second-order valence-corrected chi connectivity index (χ2v) is 8.73. The lowest BCUT2D eigenvalue weighted by Gasteiger charge is -2.13. The second kappa shape index (κ2) is 5.82. The van der Waals surface area contributed by atoms with Gasteiger partial charge in [0, 0.05) is 24.7 Å². The summed E-state index contributed by atoms with van der Waals surface area (Å²) in [5.41, 5.74) is 0.620. The molecule has 120 valence electrons. The van der Waals surface area contributed by atoms with Gasteiger partial charge in [-0.3, -0.25) is 9.40 Å². The van der Waals surface area contributed by atoms with Gasteiger partial charge in [0.15, 0.2) is 0 Å². The molecule has 0 aromatic carbocycles. The molecule has 0 radical (unpaired) electrons. The van der Waals surface area contributed by atoms with Gasteiger partial charge < -0.3 is 0 Å². The largest absolute Gasteiger partial charge is 0.264 e. The van der Waals surface area contributed by atoms with Crippen LogP contribution in [0.5, 0.6) is 0 Å². The molecule has 1 N–H and O–H groups in total. The molecule has 0 atom stereocenters. The maximum atomic E-state index is 12.4. The van der Waals surface area contributed by atoms with Gasteiger partial charge >= 0.3 is 0 Å².